The van der Waals surface area contributed by atoms with Gasteiger partial charge >= 0.3 is 0 Å². The van der Waals surface area contributed by atoms with E-state index in [2.05, 4.69) is 16.7 Å². The van der Waals surface area contributed by atoms with Crippen LogP contribution >= 0.6 is 11.6 Å². The summed E-state index contributed by atoms with van der Waals surface area (Å²) in [4.78, 5) is 0. The second-order valence-corrected chi connectivity index (χ2v) is 3.97. The van der Waals surface area contributed by atoms with Gasteiger partial charge in [-0.15, -0.1) is 0 Å². The molecule has 0 saturated heterocycles. The maximum atomic E-state index is 6.01. The van der Waals surface area contributed by atoms with Crippen LogP contribution in [0.3, 0.4) is 0 Å². The number of nitrogens with zero attached hydrogens (tertiary/aromatic N) is 1. The van der Waals surface area contributed by atoms with Gasteiger partial charge in [-0.25, -0.2) is 0 Å². The quantitative estimate of drug-likeness (QED) is 0.602. The minimum Gasteiger partial charge on any atom is -0.347 e. The monoisotopic (exact) mass is 190 g/mol. The molecule has 0 spiro atoms. The molecule has 2 heterocycles. The van der Waals surface area contributed by atoms with Crippen molar-refractivity contribution in [2.75, 3.05) is 0 Å². The molecule has 0 N–H and O–H groups in total. The Hall–Kier alpha value is -0.950. The first-order chi connectivity index (χ1) is 6.34. The van der Waals surface area contributed by atoms with E-state index in [-0.39, 0.29) is 0 Å². The van der Waals surface area contributed by atoms with Crippen LogP contribution in [0.4, 0.5) is 0 Å². The summed E-state index contributed by atoms with van der Waals surface area (Å²) in [6.07, 6.45) is 4.39. The zero-order valence-electron chi connectivity index (χ0n) is 7.18. The fourth-order valence-corrected chi connectivity index (χ4v) is 2.36. The van der Waals surface area contributed by atoms with Crippen LogP contribution in [0.5, 0.6) is 0 Å². The molecule has 3 rings (SSSR count). The number of benzene rings is 1. The van der Waals surface area contributed by atoms with Gasteiger partial charge in [0.2, 0.25) is 0 Å². The minimum absolute atomic E-state index is 0.832. The molecule has 1 aromatic heterocycles. The molecule has 65 valence electrons. The maximum absolute atomic E-state index is 6.01. The summed E-state index contributed by atoms with van der Waals surface area (Å²) >= 11 is 6.01. The smallest absolute Gasteiger partial charge is 0.0520 e. The summed E-state index contributed by atoms with van der Waals surface area (Å²) < 4.78 is 2.27. The van der Waals surface area contributed by atoms with Crippen molar-refractivity contribution in [3.63, 3.8) is 0 Å². The van der Waals surface area contributed by atoms with Gasteiger partial charge in [-0.1, -0.05) is 11.6 Å². The molecule has 0 atom stereocenters. The van der Waals surface area contributed by atoms with Gasteiger partial charge in [0.15, 0.2) is 0 Å². The summed E-state index contributed by atoms with van der Waals surface area (Å²) in [5.74, 6) is 0. The first-order valence-corrected chi connectivity index (χ1v) is 4.91. The molecule has 1 aromatic carbocycles. The highest BCUT2D eigenvalue weighted by Crippen LogP contribution is 2.28. The van der Waals surface area contributed by atoms with Gasteiger partial charge in [0.05, 0.1) is 5.52 Å². The number of hydrogen-bond donors (Lipinski definition) is 0. The Morgan fingerprint density at radius 2 is 2.31 bits per heavy atom. The highest BCUT2D eigenvalue weighted by Gasteiger charge is 2.12. The van der Waals surface area contributed by atoms with E-state index in [0.29, 0.717) is 0 Å². The fourth-order valence-electron chi connectivity index (χ4n) is 2.12. The molecule has 0 amide bonds. The summed E-state index contributed by atoms with van der Waals surface area (Å²) in [5.41, 5.74) is 2.70. The first-order valence-electron chi connectivity index (χ1n) is 4.53. The topological polar surface area (TPSA) is 4.93 Å². The van der Waals surface area contributed by atoms with Crippen LogP contribution < -0.4 is 0 Å². The Bertz CT molecular complexity index is 470. The Morgan fingerprint density at radius 3 is 3.23 bits per heavy atom. The lowest BCUT2D eigenvalue weighted by atomic mass is 10.0. The Balaban J connectivity index is 2.47. The Morgan fingerprint density at radius 1 is 1.38 bits per heavy atom. The molecule has 0 saturated carbocycles. The molecule has 0 fully saturated rings. The van der Waals surface area contributed by atoms with E-state index < -0.39 is 0 Å². The molecule has 1 aliphatic heterocycles. The minimum atomic E-state index is 0.832. The molecule has 0 unspecified atom stereocenters. The second-order valence-electron chi connectivity index (χ2n) is 3.53. The fraction of sp³-hybridized carbons (Fsp3) is 0.273. The molecule has 0 aliphatic carbocycles. The highest BCUT2D eigenvalue weighted by molar-refractivity contribution is 6.31. The average molecular weight is 191 g/mol. The third-order valence-corrected chi connectivity index (χ3v) is 2.88. The van der Waals surface area contributed by atoms with Gasteiger partial charge in [-0.2, -0.15) is 0 Å². The number of aryl methyl sites for hydroxylation is 2. The van der Waals surface area contributed by atoms with E-state index in [1.807, 2.05) is 12.3 Å². The van der Waals surface area contributed by atoms with E-state index in [4.69, 9.17) is 11.6 Å². The molecular formula is C11H9ClN. The van der Waals surface area contributed by atoms with Crippen LogP contribution in [0.15, 0.2) is 18.3 Å². The normalized spacial score (nSPS) is 15.2. The first kappa shape index (κ1) is 7.45. The highest BCUT2D eigenvalue weighted by atomic mass is 35.5. The zero-order chi connectivity index (χ0) is 8.84. The average Bonchev–Trinajstić information content (AvgIpc) is 2.50. The van der Waals surface area contributed by atoms with Crippen LogP contribution in [-0.2, 0) is 13.0 Å². The maximum Gasteiger partial charge on any atom is 0.0520 e. The van der Waals surface area contributed by atoms with Gasteiger partial charge < -0.3 is 4.57 Å². The third-order valence-electron chi connectivity index (χ3n) is 2.66. The van der Waals surface area contributed by atoms with Gasteiger partial charge in [-0.05, 0) is 30.5 Å². The van der Waals surface area contributed by atoms with Crippen LogP contribution in [0, 0.1) is 6.07 Å². The van der Waals surface area contributed by atoms with Crippen LogP contribution in [0.1, 0.15) is 12.0 Å². The molecular weight excluding hydrogens is 182 g/mol. The van der Waals surface area contributed by atoms with Crippen LogP contribution in [0.25, 0.3) is 10.9 Å². The van der Waals surface area contributed by atoms with E-state index in [1.165, 1.54) is 17.5 Å². The Kier molecular flexibility index (Phi) is 1.44. The van der Waals surface area contributed by atoms with Crippen molar-refractivity contribution in [3.8, 4) is 0 Å². The molecule has 2 heteroatoms. The van der Waals surface area contributed by atoms with Gasteiger partial charge in [0.1, 0.15) is 0 Å². The summed E-state index contributed by atoms with van der Waals surface area (Å²) in [6, 6.07) is 7.30. The van der Waals surface area contributed by atoms with Crippen molar-refractivity contribution in [1.82, 2.24) is 4.57 Å². The van der Waals surface area contributed by atoms with Crippen molar-refractivity contribution in [1.29, 1.82) is 0 Å². The number of aromatic nitrogens is 1. The van der Waals surface area contributed by atoms with Crippen LogP contribution in [0.2, 0.25) is 5.02 Å². The number of halogens is 1. The summed E-state index contributed by atoms with van der Waals surface area (Å²) in [7, 11) is 0. The summed E-state index contributed by atoms with van der Waals surface area (Å²) in [5, 5.41) is 1.99. The lowest BCUT2D eigenvalue weighted by molar-refractivity contribution is 0.636. The number of hydrogen-bond acceptors (Lipinski definition) is 0. The van der Waals surface area contributed by atoms with Crippen molar-refractivity contribution >= 4 is 22.5 Å². The molecule has 0 bridgehead atoms. The molecule has 1 nitrogen and oxygen atoms in total. The van der Waals surface area contributed by atoms with E-state index >= 15 is 0 Å². The third kappa shape index (κ3) is 1.00. The predicted molar refractivity (Wildman–Crippen MR) is 54.1 cm³/mol. The van der Waals surface area contributed by atoms with Crippen molar-refractivity contribution < 1.29 is 0 Å². The molecule has 2 aromatic rings. The standard InChI is InChI=1S/C11H9ClN/c12-10-6-8-2-1-4-13-5-3-9(7-10)11(8)13/h5-7H,1-2,4H2. The van der Waals surface area contributed by atoms with E-state index in [0.717, 1.165) is 23.4 Å². The second kappa shape index (κ2) is 2.52. The van der Waals surface area contributed by atoms with Crippen LogP contribution in [-0.4, -0.2) is 4.57 Å². The van der Waals surface area contributed by atoms with Gasteiger partial charge in [-0.3, -0.25) is 0 Å². The van der Waals surface area contributed by atoms with Crippen molar-refractivity contribution in [3.05, 3.63) is 35.0 Å². The zero-order valence-corrected chi connectivity index (χ0v) is 7.93. The lowest BCUT2D eigenvalue weighted by Gasteiger charge is -2.15. The van der Waals surface area contributed by atoms with Crippen molar-refractivity contribution in [2.24, 2.45) is 0 Å². The largest absolute Gasteiger partial charge is 0.347 e. The summed E-state index contributed by atoms with van der Waals surface area (Å²) in [6.45, 7) is 1.12. The van der Waals surface area contributed by atoms with E-state index in [9.17, 15) is 0 Å². The van der Waals surface area contributed by atoms with E-state index in [1.54, 1.807) is 0 Å². The number of rotatable bonds is 0. The SMILES string of the molecule is Clc1cc2c3c([c]cn3CCC2)c1. The predicted octanol–water partition coefficient (Wildman–Crippen LogP) is 3.04. The van der Waals surface area contributed by atoms with Gasteiger partial charge in [0, 0.05) is 29.2 Å². The van der Waals surface area contributed by atoms with Crippen molar-refractivity contribution in [2.45, 2.75) is 19.4 Å². The van der Waals surface area contributed by atoms with Gasteiger partial charge in [0.25, 0.3) is 0 Å². The molecule has 1 aliphatic rings. The molecule has 13 heavy (non-hydrogen) atoms. The lowest BCUT2D eigenvalue weighted by Crippen LogP contribution is -2.06. The Labute approximate surface area is 81.9 Å². The molecule has 1 radical (unpaired) electrons.